The summed E-state index contributed by atoms with van der Waals surface area (Å²) in [5.41, 5.74) is 1.18. The van der Waals surface area contributed by atoms with Gasteiger partial charge in [0, 0.05) is 38.4 Å². The number of nitrogens with zero attached hydrogens (tertiary/aromatic N) is 2. The van der Waals surface area contributed by atoms with Crippen molar-refractivity contribution in [3.05, 3.63) is 18.0 Å². The predicted molar refractivity (Wildman–Crippen MR) is 77.7 cm³/mol. The highest BCUT2D eigenvalue weighted by Crippen LogP contribution is 1.96. The Morgan fingerprint density at radius 3 is 2.85 bits per heavy atom. The van der Waals surface area contributed by atoms with E-state index < -0.39 is 6.10 Å². The standard InChI is InChI=1S/C14H27N3O3/c1-12(2)20-9-8-19-11-14(18)10-15-6-4-13-5-7-16-17(13)3/h5,7,12,14-15,18H,4,6,8-11H2,1-3H3. The van der Waals surface area contributed by atoms with E-state index in [9.17, 15) is 5.11 Å². The zero-order valence-electron chi connectivity index (χ0n) is 12.7. The SMILES string of the molecule is CC(C)OCCOCC(O)CNCCc1ccnn1C. The van der Waals surface area contributed by atoms with Crippen LogP contribution >= 0.6 is 0 Å². The van der Waals surface area contributed by atoms with Crippen molar-refractivity contribution in [2.45, 2.75) is 32.5 Å². The first-order valence-corrected chi connectivity index (χ1v) is 7.14. The van der Waals surface area contributed by atoms with Crippen LogP contribution in [0.4, 0.5) is 0 Å². The molecule has 1 aromatic rings. The summed E-state index contributed by atoms with van der Waals surface area (Å²) >= 11 is 0. The molecule has 0 saturated heterocycles. The van der Waals surface area contributed by atoms with Gasteiger partial charge in [0.1, 0.15) is 0 Å². The third-order valence-corrected chi connectivity index (χ3v) is 2.85. The van der Waals surface area contributed by atoms with Gasteiger partial charge < -0.3 is 19.9 Å². The Kier molecular flexibility index (Phi) is 8.45. The molecule has 0 aliphatic rings. The highest BCUT2D eigenvalue weighted by atomic mass is 16.5. The summed E-state index contributed by atoms with van der Waals surface area (Å²) < 4.78 is 12.5. The Bertz CT molecular complexity index is 355. The van der Waals surface area contributed by atoms with Gasteiger partial charge in [0.15, 0.2) is 0 Å². The van der Waals surface area contributed by atoms with Crippen LogP contribution < -0.4 is 5.32 Å². The van der Waals surface area contributed by atoms with Crippen LogP contribution in [-0.4, -0.2) is 60.0 Å². The topological polar surface area (TPSA) is 68.5 Å². The number of aryl methyl sites for hydroxylation is 1. The number of ether oxygens (including phenoxy) is 2. The monoisotopic (exact) mass is 285 g/mol. The highest BCUT2D eigenvalue weighted by Gasteiger charge is 2.04. The lowest BCUT2D eigenvalue weighted by Gasteiger charge is -2.13. The lowest BCUT2D eigenvalue weighted by atomic mass is 10.3. The van der Waals surface area contributed by atoms with Gasteiger partial charge in [0.2, 0.25) is 0 Å². The second-order valence-corrected chi connectivity index (χ2v) is 5.05. The molecule has 2 N–H and O–H groups in total. The number of rotatable bonds is 11. The van der Waals surface area contributed by atoms with Crippen LogP contribution in [0.1, 0.15) is 19.5 Å². The molecule has 1 rings (SSSR count). The van der Waals surface area contributed by atoms with Crippen molar-refractivity contribution in [3.8, 4) is 0 Å². The molecule has 0 fully saturated rings. The van der Waals surface area contributed by atoms with Crippen molar-refractivity contribution >= 4 is 0 Å². The van der Waals surface area contributed by atoms with Gasteiger partial charge >= 0.3 is 0 Å². The van der Waals surface area contributed by atoms with Crippen LogP contribution in [0.25, 0.3) is 0 Å². The Labute approximate surface area is 121 Å². The smallest absolute Gasteiger partial charge is 0.0897 e. The molecule has 1 heterocycles. The molecular formula is C14H27N3O3. The number of nitrogens with one attached hydrogen (secondary N) is 1. The van der Waals surface area contributed by atoms with Crippen LogP contribution in [0, 0.1) is 0 Å². The molecule has 0 bridgehead atoms. The van der Waals surface area contributed by atoms with Crippen molar-refractivity contribution in [3.63, 3.8) is 0 Å². The first kappa shape index (κ1) is 17.1. The van der Waals surface area contributed by atoms with Gasteiger partial charge in [-0.05, 0) is 19.9 Å². The van der Waals surface area contributed by atoms with Crippen LogP contribution in [0.3, 0.4) is 0 Å². The quantitative estimate of drug-likeness (QED) is 0.574. The molecule has 0 amide bonds. The van der Waals surface area contributed by atoms with Crippen molar-refractivity contribution in [2.24, 2.45) is 7.05 Å². The largest absolute Gasteiger partial charge is 0.389 e. The Balaban J connectivity index is 1.95. The molecule has 0 aliphatic carbocycles. The second-order valence-electron chi connectivity index (χ2n) is 5.05. The van der Waals surface area contributed by atoms with Gasteiger partial charge in [-0.2, -0.15) is 5.10 Å². The summed E-state index contributed by atoms with van der Waals surface area (Å²) in [6.07, 6.45) is 2.42. The molecule has 0 saturated carbocycles. The van der Waals surface area contributed by atoms with E-state index in [-0.39, 0.29) is 6.10 Å². The van der Waals surface area contributed by atoms with Crippen LogP contribution in [0.2, 0.25) is 0 Å². The first-order chi connectivity index (χ1) is 9.59. The maximum Gasteiger partial charge on any atom is 0.0897 e. The van der Waals surface area contributed by atoms with Gasteiger partial charge in [0.25, 0.3) is 0 Å². The zero-order valence-corrected chi connectivity index (χ0v) is 12.7. The van der Waals surface area contributed by atoms with Crippen molar-refractivity contribution in [1.29, 1.82) is 0 Å². The maximum atomic E-state index is 9.72. The van der Waals surface area contributed by atoms with Gasteiger partial charge in [-0.3, -0.25) is 4.68 Å². The molecule has 0 aliphatic heterocycles. The third kappa shape index (κ3) is 7.59. The van der Waals surface area contributed by atoms with Crippen LogP contribution in [0.15, 0.2) is 12.3 Å². The minimum absolute atomic E-state index is 0.220. The molecule has 0 spiro atoms. The van der Waals surface area contributed by atoms with Crippen molar-refractivity contribution < 1.29 is 14.6 Å². The van der Waals surface area contributed by atoms with Gasteiger partial charge in [0.05, 0.1) is 32.0 Å². The summed E-state index contributed by atoms with van der Waals surface area (Å²) in [5.74, 6) is 0. The molecule has 6 nitrogen and oxygen atoms in total. The average molecular weight is 285 g/mol. The summed E-state index contributed by atoms with van der Waals surface area (Å²) in [5, 5.41) is 17.0. The average Bonchev–Trinajstić information content (AvgIpc) is 2.79. The summed E-state index contributed by atoms with van der Waals surface area (Å²) in [7, 11) is 1.93. The van der Waals surface area contributed by atoms with E-state index in [0.29, 0.717) is 26.4 Å². The number of aliphatic hydroxyl groups is 1. The number of aromatic nitrogens is 2. The highest BCUT2D eigenvalue weighted by molar-refractivity contribution is 5.00. The van der Waals surface area contributed by atoms with Gasteiger partial charge in [-0.25, -0.2) is 0 Å². The fraction of sp³-hybridized carbons (Fsp3) is 0.786. The van der Waals surface area contributed by atoms with E-state index in [1.54, 1.807) is 6.20 Å². The van der Waals surface area contributed by atoms with Crippen molar-refractivity contribution in [1.82, 2.24) is 15.1 Å². The number of hydrogen-bond acceptors (Lipinski definition) is 5. The van der Waals surface area contributed by atoms with Crippen LogP contribution in [0.5, 0.6) is 0 Å². The first-order valence-electron chi connectivity index (χ1n) is 7.14. The molecule has 1 atom stereocenters. The fourth-order valence-corrected chi connectivity index (χ4v) is 1.75. The molecule has 20 heavy (non-hydrogen) atoms. The zero-order chi connectivity index (χ0) is 14.8. The summed E-state index contributed by atoms with van der Waals surface area (Å²) in [4.78, 5) is 0. The Morgan fingerprint density at radius 2 is 2.20 bits per heavy atom. The van der Waals surface area contributed by atoms with Crippen LogP contribution in [-0.2, 0) is 22.9 Å². The maximum absolute atomic E-state index is 9.72. The Morgan fingerprint density at radius 1 is 1.40 bits per heavy atom. The lowest BCUT2D eigenvalue weighted by molar-refractivity contribution is -0.00989. The van der Waals surface area contributed by atoms with Gasteiger partial charge in [-0.15, -0.1) is 0 Å². The van der Waals surface area contributed by atoms with E-state index >= 15 is 0 Å². The summed E-state index contributed by atoms with van der Waals surface area (Å²) in [6.45, 7) is 6.74. The molecule has 0 aromatic carbocycles. The molecule has 0 radical (unpaired) electrons. The molecule has 1 unspecified atom stereocenters. The van der Waals surface area contributed by atoms with Gasteiger partial charge in [-0.1, -0.05) is 0 Å². The third-order valence-electron chi connectivity index (χ3n) is 2.85. The minimum atomic E-state index is -0.486. The second kappa shape index (κ2) is 9.88. The van der Waals surface area contributed by atoms with E-state index in [1.807, 2.05) is 31.6 Å². The predicted octanol–water partition coefficient (Wildman–Crippen LogP) is 0.355. The van der Waals surface area contributed by atoms with E-state index in [2.05, 4.69) is 10.4 Å². The molecule has 6 heteroatoms. The van der Waals surface area contributed by atoms with Crippen molar-refractivity contribution in [2.75, 3.05) is 32.9 Å². The number of hydrogen-bond donors (Lipinski definition) is 2. The minimum Gasteiger partial charge on any atom is -0.389 e. The fourth-order valence-electron chi connectivity index (χ4n) is 1.75. The Hall–Kier alpha value is -0.950. The summed E-state index contributed by atoms with van der Waals surface area (Å²) in [6, 6.07) is 2.00. The lowest BCUT2D eigenvalue weighted by Crippen LogP contribution is -2.32. The molecular weight excluding hydrogens is 258 g/mol. The van der Waals surface area contributed by atoms with E-state index in [1.165, 1.54) is 5.69 Å². The van der Waals surface area contributed by atoms with E-state index in [0.717, 1.165) is 13.0 Å². The normalized spacial score (nSPS) is 13.1. The molecule has 1 aromatic heterocycles. The number of aliphatic hydroxyl groups excluding tert-OH is 1. The molecule has 116 valence electrons. The van der Waals surface area contributed by atoms with E-state index in [4.69, 9.17) is 9.47 Å².